The van der Waals surface area contributed by atoms with Crippen LogP contribution in [0.25, 0.3) is 0 Å². The van der Waals surface area contributed by atoms with Gasteiger partial charge in [-0.15, -0.1) is 0 Å². The number of benzene rings is 2. The van der Waals surface area contributed by atoms with Crippen molar-refractivity contribution in [2.45, 2.75) is 44.6 Å². The van der Waals surface area contributed by atoms with Gasteiger partial charge in [0.05, 0.1) is 5.41 Å². The van der Waals surface area contributed by atoms with Crippen molar-refractivity contribution in [1.82, 2.24) is 0 Å². The molecular weight excluding hydrogens is 348 g/mol. The second kappa shape index (κ2) is 6.88. The number of hydrogen-bond donors (Lipinski definition) is 0. The van der Waals surface area contributed by atoms with E-state index in [0.717, 1.165) is 24.8 Å². The van der Waals surface area contributed by atoms with Crippen molar-refractivity contribution in [3.8, 4) is 0 Å². The van der Waals surface area contributed by atoms with Gasteiger partial charge in [-0.25, -0.2) is 0 Å². The monoisotopic (exact) mass is 374 g/mol. The fourth-order valence-corrected chi connectivity index (χ4v) is 6.25. The molecule has 2 aromatic rings. The molecule has 0 aliphatic heterocycles. The van der Waals surface area contributed by atoms with E-state index in [1.165, 1.54) is 19.3 Å². The Labute approximate surface area is 166 Å². The summed E-state index contributed by atoms with van der Waals surface area (Å²) in [6.07, 6.45) is 5.78. The topological polar surface area (TPSA) is 43.4 Å². The maximum Gasteiger partial charge on any atom is 0.313 e. The van der Waals surface area contributed by atoms with Crippen LogP contribution < -0.4 is 0 Å². The number of esters is 1. The largest absolute Gasteiger partial charge is 0.449 e. The number of carbonyl (C=O) groups excluding carboxylic acids is 2. The molecule has 144 valence electrons. The highest BCUT2D eigenvalue weighted by Gasteiger charge is 2.56. The Hall–Kier alpha value is -2.42. The van der Waals surface area contributed by atoms with Crippen molar-refractivity contribution in [2.75, 3.05) is 0 Å². The van der Waals surface area contributed by atoms with Crippen molar-refractivity contribution in [1.29, 1.82) is 0 Å². The number of rotatable bonds is 5. The van der Waals surface area contributed by atoms with Crippen molar-refractivity contribution in [3.63, 3.8) is 0 Å². The second-order valence-corrected chi connectivity index (χ2v) is 9.12. The molecule has 3 nitrogen and oxygen atoms in total. The summed E-state index contributed by atoms with van der Waals surface area (Å²) in [6.45, 7) is 0. The SMILES string of the molecule is O=C(c1ccccc1)C(OC(=O)C12CC3CC(CC(C3)C1)C2)c1ccccc1. The van der Waals surface area contributed by atoms with Gasteiger partial charge >= 0.3 is 5.97 Å². The third-order valence-electron chi connectivity index (χ3n) is 7.09. The minimum Gasteiger partial charge on any atom is -0.449 e. The number of Topliss-reactive ketones (excluding diaryl/α,β-unsaturated/α-hetero) is 1. The second-order valence-electron chi connectivity index (χ2n) is 9.12. The Kier molecular flexibility index (Phi) is 4.34. The molecule has 0 aromatic heterocycles. The van der Waals surface area contributed by atoms with Crippen LogP contribution in [0, 0.1) is 23.2 Å². The molecule has 0 spiro atoms. The molecule has 1 unspecified atom stereocenters. The minimum absolute atomic E-state index is 0.148. The van der Waals surface area contributed by atoms with E-state index < -0.39 is 6.10 Å². The van der Waals surface area contributed by atoms with Crippen LogP contribution in [-0.2, 0) is 9.53 Å². The molecule has 0 heterocycles. The van der Waals surface area contributed by atoms with Crippen molar-refractivity contribution in [2.24, 2.45) is 23.2 Å². The first kappa shape index (κ1) is 17.7. The molecule has 0 saturated heterocycles. The zero-order valence-electron chi connectivity index (χ0n) is 16.1. The van der Waals surface area contributed by atoms with Gasteiger partial charge in [0.2, 0.25) is 5.78 Å². The lowest BCUT2D eigenvalue weighted by Crippen LogP contribution is -2.51. The van der Waals surface area contributed by atoms with Gasteiger partial charge in [0.15, 0.2) is 6.10 Å². The number of ether oxygens (including phenoxy) is 1. The third kappa shape index (κ3) is 3.07. The van der Waals surface area contributed by atoms with Gasteiger partial charge in [0, 0.05) is 11.1 Å². The van der Waals surface area contributed by atoms with E-state index in [2.05, 4.69) is 0 Å². The van der Waals surface area contributed by atoms with Crippen LogP contribution in [0.5, 0.6) is 0 Å². The molecule has 4 aliphatic rings. The Morgan fingerprint density at radius 1 is 0.786 bits per heavy atom. The summed E-state index contributed by atoms with van der Waals surface area (Å²) in [5, 5.41) is 0. The Morgan fingerprint density at radius 3 is 1.82 bits per heavy atom. The highest BCUT2D eigenvalue weighted by molar-refractivity contribution is 6.01. The van der Waals surface area contributed by atoms with Crippen LogP contribution in [0.2, 0.25) is 0 Å². The molecular formula is C25H26O3. The molecule has 0 amide bonds. The molecule has 6 rings (SSSR count). The fourth-order valence-electron chi connectivity index (χ4n) is 6.25. The van der Waals surface area contributed by atoms with Gasteiger partial charge in [-0.1, -0.05) is 60.7 Å². The van der Waals surface area contributed by atoms with E-state index in [9.17, 15) is 9.59 Å². The molecule has 4 saturated carbocycles. The zero-order chi connectivity index (χ0) is 19.1. The first-order valence-electron chi connectivity index (χ1n) is 10.5. The molecule has 28 heavy (non-hydrogen) atoms. The number of carbonyl (C=O) groups is 2. The van der Waals surface area contributed by atoms with Crippen LogP contribution in [0.1, 0.15) is 60.6 Å². The van der Waals surface area contributed by atoms with Gasteiger partial charge in [-0.05, 0) is 56.3 Å². The lowest BCUT2D eigenvalue weighted by molar-refractivity contribution is -0.175. The van der Waals surface area contributed by atoms with Crippen LogP contribution >= 0.6 is 0 Å². The predicted octanol–water partition coefficient (Wildman–Crippen LogP) is 5.37. The lowest BCUT2D eigenvalue weighted by Gasteiger charge is -2.55. The maximum atomic E-state index is 13.4. The van der Waals surface area contributed by atoms with Crippen LogP contribution in [0.4, 0.5) is 0 Å². The first-order chi connectivity index (χ1) is 13.6. The highest BCUT2D eigenvalue weighted by Crippen LogP contribution is 2.60. The molecule has 3 heteroatoms. The van der Waals surface area contributed by atoms with E-state index >= 15 is 0 Å². The summed E-state index contributed by atoms with van der Waals surface area (Å²) in [4.78, 5) is 26.7. The summed E-state index contributed by atoms with van der Waals surface area (Å²) < 4.78 is 6.05. The van der Waals surface area contributed by atoms with Crippen molar-refractivity contribution >= 4 is 11.8 Å². The molecule has 0 N–H and O–H groups in total. The van der Waals surface area contributed by atoms with Crippen molar-refractivity contribution < 1.29 is 14.3 Å². The highest BCUT2D eigenvalue weighted by atomic mass is 16.5. The first-order valence-corrected chi connectivity index (χ1v) is 10.5. The molecule has 0 radical (unpaired) electrons. The van der Waals surface area contributed by atoms with E-state index in [0.29, 0.717) is 23.3 Å². The zero-order valence-corrected chi connectivity index (χ0v) is 16.1. The average molecular weight is 374 g/mol. The lowest BCUT2D eigenvalue weighted by atomic mass is 9.49. The Balaban J connectivity index is 1.44. The summed E-state index contributed by atoms with van der Waals surface area (Å²) in [7, 11) is 0. The Morgan fingerprint density at radius 2 is 1.29 bits per heavy atom. The van der Waals surface area contributed by atoms with E-state index in [-0.39, 0.29) is 17.2 Å². The van der Waals surface area contributed by atoms with E-state index in [1.807, 2.05) is 48.5 Å². The smallest absolute Gasteiger partial charge is 0.313 e. The standard InChI is InChI=1S/C25H26O3/c26-22(20-7-3-1-4-8-20)23(21-9-5-2-6-10-21)28-24(27)25-14-17-11-18(15-25)13-19(12-17)16-25/h1-10,17-19,23H,11-16H2. The van der Waals surface area contributed by atoms with E-state index in [1.54, 1.807) is 12.1 Å². The summed E-state index contributed by atoms with van der Waals surface area (Å²) in [5.74, 6) is 1.70. The predicted molar refractivity (Wildman–Crippen MR) is 107 cm³/mol. The summed E-state index contributed by atoms with van der Waals surface area (Å²) in [6, 6.07) is 18.6. The van der Waals surface area contributed by atoms with Crippen LogP contribution in [0.15, 0.2) is 60.7 Å². The van der Waals surface area contributed by atoms with Gasteiger partial charge in [-0.3, -0.25) is 9.59 Å². The van der Waals surface area contributed by atoms with E-state index in [4.69, 9.17) is 4.74 Å². The van der Waals surface area contributed by atoms with Crippen LogP contribution in [0.3, 0.4) is 0 Å². The fraction of sp³-hybridized carbons (Fsp3) is 0.440. The molecule has 4 fully saturated rings. The molecule has 2 aromatic carbocycles. The van der Waals surface area contributed by atoms with Crippen LogP contribution in [-0.4, -0.2) is 11.8 Å². The van der Waals surface area contributed by atoms with Crippen molar-refractivity contribution in [3.05, 3.63) is 71.8 Å². The normalized spacial score (nSPS) is 31.4. The molecule has 1 atom stereocenters. The average Bonchev–Trinajstić information content (AvgIpc) is 2.71. The van der Waals surface area contributed by atoms with Gasteiger partial charge in [0.1, 0.15) is 0 Å². The molecule has 4 bridgehead atoms. The third-order valence-corrected chi connectivity index (χ3v) is 7.09. The minimum atomic E-state index is -0.871. The Bertz CT molecular complexity index is 836. The van der Waals surface area contributed by atoms with Gasteiger partial charge < -0.3 is 4.74 Å². The number of hydrogen-bond acceptors (Lipinski definition) is 3. The molecule has 4 aliphatic carbocycles. The number of ketones is 1. The van der Waals surface area contributed by atoms with Gasteiger partial charge in [0.25, 0.3) is 0 Å². The maximum absolute atomic E-state index is 13.4. The summed E-state index contributed by atoms with van der Waals surface area (Å²) >= 11 is 0. The quantitative estimate of drug-likeness (QED) is 0.522. The van der Waals surface area contributed by atoms with Gasteiger partial charge in [-0.2, -0.15) is 0 Å². The summed E-state index contributed by atoms with van der Waals surface area (Å²) in [5.41, 5.74) is 0.961.